The van der Waals surface area contributed by atoms with Gasteiger partial charge < -0.3 is 4.74 Å². The second-order valence-corrected chi connectivity index (χ2v) is 5.88. The van der Waals surface area contributed by atoms with Crippen LogP contribution in [0.1, 0.15) is 12.8 Å². The van der Waals surface area contributed by atoms with Gasteiger partial charge in [-0.3, -0.25) is 9.67 Å². The van der Waals surface area contributed by atoms with Gasteiger partial charge in [0.15, 0.2) is 0 Å². The zero-order valence-corrected chi connectivity index (χ0v) is 12.9. The Morgan fingerprint density at radius 3 is 2.83 bits per heavy atom. The molecule has 2 aromatic heterocycles. The van der Waals surface area contributed by atoms with Crippen LogP contribution in [0.15, 0.2) is 61.1 Å². The summed E-state index contributed by atoms with van der Waals surface area (Å²) >= 11 is 0. The predicted molar refractivity (Wildman–Crippen MR) is 89.9 cm³/mol. The van der Waals surface area contributed by atoms with Crippen molar-refractivity contribution in [3.8, 4) is 22.4 Å². The third-order valence-corrected chi connectivity index (χ3v) is 4.21. The van der Waals surface area contributed by atoms with Crippen LogP contribution in [0.25, 0.3) is 22.4 Å². The number of nitrogens with zero attached hydrogens (tertiary/aromatic N) is 3. The molecule has 4 rings (SSSR count). The standard InChI is InChI=1S/C19H19N3O/c1-4-15(17-6-2-9-20-13-17)12-16(5-1)19-8-10-22(21-19)14-18-7-3-11-23-18/h1-2,4-6,8-10,12-13,18H,3,7,11,14H2/t18-/m0/s1. The highest BCUT2D eigenvalue weighted by atomic mass is 16.5. The molecule has 23 heavy (non-hydrogen) atoms. The van der Waals surface area contributed by atoms with Crippen LogP contribution < -0.4 is 0 Å². The minimum Gasteiger partial charge on any atom is -0.376 e. The molecule has 1 saturated heterocycles. The topological polar surface area (TPSA) is 39.9 Å². The zero-order valence-electron chi connectivity index (χ0n) is 12.9. The molecule has 0 amide bonds. The number of rotatable bonds is 4. The van der Waals surface area contributed by atoms with E-state index in [0.29, 0.717) is 6.10 Å². The van der Waals surface area contributed by atoms with Gasteiger partial charge in [0.25, 0.3) is 0 Å². The van der Waals surface area contributed by atoms with Crippen LogP contribution >= 0.6 is 0 Å². The first-order chi connectivity index (χ1) is 11.4. The van der Waals surface area contributed by atoms with Crippen LogP contribution in [0, 0.1) is 0 Å². The molecule has 3 heterocycles. The van der Waals surface area contributed by atoms with Crippen molar-refractivity contribution >= 4 is 0 Å². The van der Waals surface area contributed by atoms with Crippen LogP contribution in [0.3, 0.4) is 0 Å². The Balaban J connectivity index is 1.57. The van der Waals surface area contributed by atoms with E-state index in [1.807, 2.05) is 23.1 Å². The molecule has 0 N–H and O–H groups in total. The van der Waals surface area contributed by atoms with Crippen molar-refractivity contribution in [3.63, 3.8) is 0 Å². The van der Waals surface area contributed by atoms with E-state index in [-0.39, 0.29) is 0 Å². The number of hydrogen-bond acceptors (Lipinski definition) is 3. The van der Waals surface area contributed by atoms with Crippen molar-refractivity contribution in [3.05, 3.63) is 61.1 Å². The fourth-order valence-electron chi connectivity index (χ4n) is 3.01. The molecule has 4 nitrogen and oxygen atoms in total. The van der Waals surface area contributed by atoms with E-state index >= 15 is 0 Å². The number of hydrogen-bond donors (Lipinski definition) is 0. The number of aromatic nitrogens is 3. The van der Waals surface area contributed by atoms with Gasteiger partial charge in [0.2, 0.25) is 0 Å². The summed E-state index contributed by atoms with van der Waals surface area (Å²) in [5.74, 6) is 0. The summed E-state index contributed by atoms with van der Waals surface area (Å²) in [7, 11) is 0. The van der Waals surface area contributed by atoms with Gasteiger partial charge in [-0.2, -0.15) is 5.10 Å². The number of pyridine rings is 1. The highest BCUT2D eigenvalue weighted by molar-refractivity contribution is 5.70. The van der Waals surface area contributed by atoms with E-state index in [9.17, 15) is 0 Å². The second-order valence-electron chi connectivity index (χ2n) is 5.88. The Morgan fingerprint density at radius 2 is 2.00 bits per heavy atom. The summed E-state index contributed by atoms with van der Waals surface area (Å²) in [6.45, 7) is 1.72. The molecule has 1 aromatic carbocycles. The molecule has 0 saturated carbocycles. The van der Waals surface area contributed by atoms with Crippen molar-refractivity contribution in [2.24, 2.45) is 0 Å². The fraction of sp³-hybridized carbons (Fsp3) is 0.263. The molecule has 0 bridgehead atoms. The third kappa shape index (κ3) is 3.17. The van der Waals surface area contributed by atoms with Crippen LogP contribution in [0.2, 0.25) is 0 Å². The molecule has 1 aliphatic heterocycles. The van der Waals surface area contributed by atoms with Crippen LogP contribution in [-0.2, 0) is 11.3 Å². The smallest absolute Gasteiger partial charge is 0.0923 e. The molecule has 0 spiro atoms. The van der Waals surface area contributed by atoms with Crippen molar-refractivity contribution in [2.75, 3.05) is 6.61 Å². The molecule has 1 fully saturated rings. The molecule has 116 valence electrons. The molecular weight excluding hydrogens is 286 g/mol. The van der Waals surface area contributed by atoms with Crippen molar-refractivity contribution < 1.29 is 4.74 Å². The first-order valence-corrected chi connectivity index (χ1v) is 8.04. The van der Waals surface area contributed by atoms with Crippen molar-refractivity contribution in [2.45, 2.75) is 25.5 Å². The summed E-state index contributed by atoms with van der Waals surface area (Å²) in [6.07, 6.45) is 8.31. The summed E-state index contributed by atoms with van der Waals surface area (Å²) in [4.78, 5) is 4.19. The van der Waals surface area contributed by atoms with Gasteiger partial charge in [-0.25, -0.2) is 0 Å². The molecule has 0 radical (unpaired) electrons. The highest BCUT2D eigenvalue weighted by Gasteiger charge is 2.16. The van der Waals surface area contributed by atoms with E-state index in [1.165, 1.54) is 0 Å². The van der Waals surface area contributed by atoms with Gasteiger partial charge in [-0.1, -0.05) is 24.3 Å². The number of benzene rings is 1. The Bertz CT molecular complexity index is 776. The summed E-state index contributed by atoms with van der Waals surface area (Å²) in [6, 6.07) is 14.5. The van der Waals surface area contributed by atoms with Crippen LogP contribution in [-0.4, -0.2) is 27.5 Å². The fourth-order valence-corrected chi connectivity index (χ4v) is 3.01. The Hall–Kier alpha value is -2.46. The lowest BCUT2D eigenvalue weighted by Gasteiger charge is -2.08. The lowest BCUT2D eigenvalue weighted by molar-refractivity contribution is 0.0940. The average molecular weight is 305 g/mol. The highest BCUT2D eigenvalue weighted by Crippen LogP contribution is 2.25. The van der Waals surface area contributed by atoms with Crippen LogP contribution in [0.5, 0.6) is 0 Å². The molecule has 4 heteroatoms. The van der Waals surface area contributed by atoms with Gasteiger partial charge in [-0.05, 0) is 36.6 Å². The Morgan fingerprint density at radius 1 is 1.09 bits per heavy atom. The van der Waals surface area contributed by atoms with Crippen molar-refractivity contribution in [1.29, 1.82) is 0 Å². The minimum atomic E-state index is 0.310. The quantitative estimate of drug-likeness (QED) is 0.736. The summed E-state index contributed by atoms with van der Waals surface area (Å²) in [5.41, 5.74) is 4.39. The van der Waals surface area contributed by atoms with E-state index in [4.69, 9.17) is 9.84 Å². The van der Waals surface area contributed by atoms with E-state index < -0.39 is 0 Å². The Kier molecular flexibility index (Phi) is 3.90. The molecule has 3 aromatic rings. The van der Waals surface area contributed by atoms with Gasteiger partial charge in [0.1, 0.15) is 0 Å². The van der Waals surface area contributed by atoms with Gasteiger partial charge in [0.05, 0.1) is 18.3 Å². The molecule has 1 aliphatic rings. The summed E-state index contributed by atoms with van der Waals surface area (Å²) < 4.78 is 7.67. The average Bonchev–Trinajstić information content (AvgIpc) is 3.28. The lowest BCUT2D eigenvalue weighted by Crippen LogP contribution is -2.15. The van der Waals surface area contributed by atoms with Gasteiger partial charge in [0, 0.05) is 36.3 Å². The normalized spacial score (nSPS) is 17.5. The minimum absolute atomic E-state index is 0.310. The lowest BCUT2D eigenvalue weighted by atomic mass is 10.0. The second kappa shape index (κ2) is 6.34. The van der Waals surface area contributed by atoms with Gasteiger partial charge >= 0.3 is 0 Å². The Labute approximate surface area is 135 Å². The molecular formula is C19H19N3O. The van der Waals surface area contributed by atoms with Crippen molar-refractivity contribution in [1.82, 2.24) is 14.8 Å². The van der Waals surface area contributed by atoms with Crippen LogP contribution in [0.4, 0.5) is 0 Å². The summed E-state index contributed by atoms with van der Waals surface area (Å²) in [5, 5.41) is 4.70. The largest absolute Gasteiger partial charge is 0.376 e. The maximum Gasteiger partial charge on any atom is 0.0923 e. The van der Waals surface area contributed by atoms with E-state index in [2.05, 4.69) is 41.4 Å². The van der Waals surface area contributed by atoms with Gasteiger partial charge in [-0.15, -0.1) is 0 Å². The van der Waals surface area contributed by atoms with E-state index in [0.717, 1.165) is 48.4 Å². The number of ether oxygens (including phenoxy) is 1. The maximum atomic E-state index is 5.68. The first kappa shape index (κ1) is 14.2. The maximum absolute atomic E-state index is 5.68. The predicted octanol–water partition coefficient (Wildman–Crippen LogP) is 3.79. The molecule has 0 unspecified atom stereocenters. The zero-order chi connectivity index (χ0) is 15.5. The van der Waals surface area contributed by atoms with E-state index in [1.54, 1.807) is 6.20 Å². The molecule has 1 atom stereocenters. The first-order valence-electron chi connectivity index (χ1n) is 8.04. The third-order valence-electron chi connectivity index (χ3n) is 4.21. The SMILES string of the molecule is c1cncc(-c2cccc(-c3ccn(C[C@@H]4CCCO4)n3)c2)c1. The molecule has 0 aliphatic carbocycles. The monoisotopic (exact) mass is 305 g/mol.